The zero-order valence-electron chi connectivity index (χ0n) is 22.5. The van der Waals surface area contributed by atoms with Crippen molar-refractivity contribution >= 4 is 30.0 Å². The third-order valence-corrected chi connectivity index (χ3v) is 14.2. The molecule has 3 nitrogen and oxygen atoms in total. The van der Waals surface area contributed by atoms with E-state index >= 15 is 0 Å². The van der Waals surface area contributed by atoms with Crippen molar-refractivity contribution < 1.29 is 9.26 Å². The van der Waals surface area contributed by atoms with Crippen molar-refractivity contribution in [1.82, 2.24) is 0 Å². The molecular weight excluding hydrogens is 502 g/mol. The highest BCUT2D eigenvalue weighted by molar-refractivity contribution is 9.10. The molecular formula is C29H42BrNO2Si. The van der Waals surface area contributed by atoms with Gasteiger partial charge in [0.25, 0.3) is 8.32 Å². The van der Waals surface area contributed by atoms with Crippen LogP contribution in [-0.4, -0.2) is 21.1 Å². The lowest BCUT2D eigenvalue weighted by atomic mass is 9.83. The molecule has 0 fully saturated rings. The van der Waals surface area contributed by atoms with Crippen molar-refractivity contribution in [3.8, 4) is 5.75 Å². The molecule has 0 N–H and O–H groups in total. The number of rotatable bonds is 8. The number of benzene rings is 2. The molecule has 5 heteroatoms. The molecule has 0 saturated heterocycles. The number of hydrogen-bond acceptors (Lipinski definition) is 3. The second-order valence-corrected chi connectivity index (χ2v) is 17.1. The van der Waals surface area contributed by atoms with Crippen molar-refractivity contribution in [3.05, 3.63) is 62.1 Å². The first-order chi connectivity index (χ1) is 16.0. The maximum Gasteiger partial charge on any atom is 0.258 e. The van der Waals surface area contributed by atoms with Gasteiger partial charge in [-0.2, -0.15) is 0 Å². The zero-order valence-corrected chi connectivity index (χ0v) is 25.1. The van der Waals surface area contributed by atoms with E-state index in [1.54, 1.807) is 7.11 Å². The molecule has 186 valence electrons. The van der Waals surface area contributed by atoms with Crippen LogP contribution in [0, 0.1) is 13.8 Å². The van der Waals surface area contributed by atoms with E-state index in [1.807, 2.05) is 0 Å². The van der Waals surface area contributed by atoms with Crippen molar-refractivity contribution in [3.63, 3.8) is 0 Å². The zero-order chi connectivity index (χ0) is 25.2. The van der Waals surface area contributed by atoms with Crippen molar-refractivity contribution in [2.75, 3.05) is 7.11 Å². The summed E-state index contributed by atoms with van der Waals surface area (Å²) in [7, 11) is -0.449. The summed E-state index contributed by atoms with van der Waals surface area (Å²) in [4.78, 5) is 5.31. The van der Waals surface area contributed by atoms with Crippen LogP contribution in [0.15, 0.2) is 33.9 Å². The summed E-state index contributed by atoms with van der Waals surface area (Å²) >= 11 is 3.65. The second kappa shape index (κ2) is 11.0. The number of hydrogen-bond donors (Lipinski definition) is 0. The van der Waals surface area contributed by atoms with Crippen molar-refractivity contribution in [1.29, 1.82) is 0 Å². The summed E-state index contributed by atoms with van der Waals surface area (Å²) in [5.74, 6) is 1.02. The highest BCUT2D eigenvalue weighted by Crippen LogP contribution is 2.45. The molecule has 0 saturated carbocycles. The van der Waals surface area contributed by atoms with Crippen LogP contribution in [0.3, 0.4) is 0 Å². The molecule has 0 aromatic heterocycles. The Balaban J connectivity index is 2.18. The Morgan fingerprint density at radius 1 is 0.941 bits per heavy atom. The number of oxime groups is 1. The summed E-state index contributed by atoms with van der Waals surface area (Å²) in [5, 5.41) is 4.49. The lowest BCUT2D eigenvalue weighted by molar-refractivity contribution is 0.212. The van der Waals surface area contributed by atoms with Gasteiger partial charge in [0.05, 0.1) is 5.71 Å². The first-order valence-corrected chi connectivity index (χ1v) is 15.7. The van der Waals surface area contributed by atoms with Gasteiger partial charge in [-0.1, -0.05) is 68.7 Å². The van der Waals surface area contributed by atoms with Gasteiger partial charge in [-0.3, -0.25) is 0 Å². The Hall–Kier alpha value is -1.59. The van der Waals surface area contributed by atoms with Gasteiger partial charge >= 0.3 is 0 Å². The normalized spacial score (nSPS) is 15.4. The van der Waals surface area contributed by atoms with Gasteiger partial charge in [0, 0.05) is 10.0 Å². The highest BCUT2D eigenvalue weighted by atomic mass is 79.9. The molecule has 34 heavy (non-hydrogen) atoms. The minimum atomic E-state index is -2.10. The third kappa shape index (κ3) is 5.16. The summed E-state index contributed by atoms with van der Waals surface area (Å²) < 4.78 is 8.37. The van der Waals surface area contributed by atoms with Gasteiger partial charge < -0.3 is 9.26 Å². The molecule has 3 rings (SSSR count). The fourth-order valence-corrected chi connectivity index (χ4v) is 12.2. The summed E-state index contributed by atoms with van der Waals surface area (Å²) in [6, 6.07) is 8.98. The van der Waals surface area contributed by atoms with Gasteiger partial charge in [-0.15, -0.1) is 0 Å². The van der Waals surface area contributed by atoms with Gasteiger partial charge in [-0.05, 0) is 102 Å². The lowest BCUT2D eigenvalue weighted by Gasteiger charge is -2.43. The molecule has 0 unspecified atom stereocenters. The van der Waals surface area contributed by atoms with Crippen LogP contribution < -0.4 is 4.43 Å². The molecule has 2 aromatic rings. The van der Waals surface area contributed by atoms with E-state index in [0.29, 0.717) is 16.6 Å². The maximum atomic E-state index is 7.23. The van der Waals surface area contributed by atoms with Crippen LogP contribution in [-0.2, 0) is 17.7 Å². The smallest absolute Gasteiger partial charge is 0.258 e. The molecule has 0 atom stereocenters. The number of fused-ring (bicyclic) bond motifs is 1. The van der Waals surface area contributed by atoms with Crippen LogP contribution in [0.1, 0.15) is 87.8 Å². The minimum absolute atomic E-state index is 0.516. The minimum Gasteiger partial charge on any atom is -0.542 e. The average Bonchev–Trinajstić information content (AvgIpc) is 2.74. The molecule has 2 aromatic carbocycles. The molecule has 1 aliphatic rings. The molecule has 0 bridgehead atoms. The second-order valence-electron chi connectivity index (χ2n) is 10.8. The summed E-state index contributed by atoms with van der Waals surface area (Å²) in [6.07, 6.45) is 4.00. The van der Waals surface area contributed by atoms with E-state index in [-0.39, 0.29) is 0 Å². The summed E-state index contributed by atoms with van der Waals surface area (Å²) in [5.41, 5.74) is 10.6. The van der Waals surface area contributed by atoms with Crippen LogP contribution in [0.2, 0.25) is 16.6 Å². The number of halogens is 1. The van der Waals surface area contributed by atoms with Gasteiger partial charge in [0.1, 0.15) is 12.9 Å². The molecule has 0 amide bonds. The fourth-order valence-electron chi connectivity index (χ4n) is 6.24. The van der Waals surface area contributed by atoms with Gasteiger partial charge in [0.15, 0.2) is 0 Å². The van der Waals surface area contributed by atoms with Crippen LogP contribution >= 0.6 is 15.9 Å². The van der Waals surface area contributed by atoms with E-state index in [4.69, 9.17) is 9.26 Å². The van der Waals surface area contributed by atoms with Crippen LogP contribution in [0.5, 0.6) is 5.75 Å². The van der Waals surface area contributed by atoms with E-state index < -0.39 is 8.32 Å². The van der Waals surface area contributed by atoms with Crippen molar-refractivity contribution in [2.45, 2.75) is 97.7 Å². The number of nitrogens with zero attached hydrogens (tertiary/aromatic N) is 1. The predicted molar refractivity (Wildman–Crippen MR) is 151 cm³/mol. The Kier molecular flexibility index (Phi) is 8.73. The summed E-state index contributed by atoms with van der Waals surface area (Å²) in [6.45, 7) is 18.5. The Morgan fingerprint density at radius 2 is 1.53 bits per heavy atom. The predicted octanol–water partition coefficient (Wildman–Crippen LogP) is 8.90. The maximum absolute atomic E-state index is 7.23. The van der Waals surface area contributed by atoms with Gasteiger partial charge in [0.2, 0.25) is 0 Å². The molecule has 1 aliphatic carbocycles. The monoisotopic (exact) mass is 543 g/mol. The third-order valence-electron chi connectivity index (χ3n) is 7.72. The van der Waals surface area contributed by atoms with E-state index in [2.05, 4.69) is 101 Å². The first kappa shape index (κ1) is 27.0. The highest BCUT2D eigenvalue weighted by Gasteiger charge is 2.47. The van der Waals surface area contributed by atoms with E-state index in [9.17, 15) is 0 Å². The Morgan fingerprint density at radius 3 is 2.06 bits per heavy atom. The molecule has 0 spiro atoms. The van der Waals surface area contributed by atoms with E-state index in [0.717, 1.165) is 41.6 Å². The molecule has 0 aliphatic heterocycles. The Labute approximate surface area is 216 Å². The lowest BCUT2D eigenvalue weighted by Crippen LogP contribution is -2.51. The SMILES string of the molecule is CO/N=C1\CCCc2c(Cc3c(C)cc(Br)cc3C)ccc(O[Si](C(C)C)(C(C)C)C(C)C)c21. The van der Waals surface area contributed by atoms with Crippen LogP contribution in [0.25, 0.3) is 0 Å². The average molecular weight is 545 g/mol. The van der Waals surface area contributed by atoms with Gasteiger partial charge in [-0.25, -0.2) is 0 Å². The van der Waals surface area contributed by atoms with Crippen molar-refractivity contribution in [2.24, 2.45) is 5.16 Å². The van der Waals surface area contributed by atoms with E-state index in [1.165, 1.54) is 33.4 Å². The fraction of sp³-hybridized carbons (Fsp3) is 0.552. The number of aryl methyl sites for hydroxylation is 2. The molecule has 0 radical (unpaired) electrons. The molecule has 0 heterocycles. The first-order valence-electron chi connectivity index (χ1n) is 12.7. The topological polar surface area (TPSA) is 30.8 Å². The largest absolute Gasteiger partial charge is 0.542 e. The standard InChI is InChI=1S/C29H42BrNO2Si/c1-18(2)34(19(3)4,20(5)6)33-28-14-13-23(17-26-21(7)15-24(30)16-22(26)8)25-11-10-12-27(29(25)28)31-32-9/h13-16,18-20H,10-12,17H2,1-9H3/b31-27+. The Bertz CT molecular complexity index is 1010. The van der Waals surface area contributed by atoms with Crippen LogP contribution in [0.4, 0.5) is 0 Å². The quantitative estimate of drug-likeness (QED) is 0.245.